The van der Waals surface area contributed by atoms with Gasteiger partial charge in [0.05, 0.1) is 25.8 Å². The summed E-state index contributed by atoms with van der Waals surface area (Å²) in [6.07, 6.45) is 0.351. The van der Waals surface area contributed by atoms with Crippen LogP contribution in [-0.2, 0) is 11.2 Å². The number of fused-ring (bicyclic) bond motifs is 1. The van der Waals surface area contributed by atoms with E-state index in [4.69, 9.17) is 4.74 Å². The lowest BCUT2D eigenvalue weighted by Gasteiger charge is -2.38. The van der Waals surface area contributed by atoms with Gasteiger partial charge in [-0.05, 0) is 42.2 Å². The third kappa shape index (κ3) is 4.06. The first-order valence-corrected chi connectivity index (χ1v) is 9.00. The number of hydrogen-bond donors (Lipinski definition) is 2. The summed E-state index contributed by atoms with van der Waals surface area (Å²) in [6.45, 7) is 3.00. The van der Waals surface area contributed by atoms with Crippen molar-refractivity contribution in [3.05, 3.63) is 65.2 Å². The highest BCUT2D eigenvalue weighted by Gasteiger charge is 2.32. The Labute approximate surface area is 154 Å². The zero-order chi connectivity index (χ0) is 18.5. The van der Waals surface area contributed by atoms with E-state index in [1.54, 1.807) is 14.0 Å². The third-order valence-corrected chi connectivity index (χ3v) is 4.73. The summed E-state index contributed by atoms with van der Waals surface area (Å²) in [5, 5.41) is 12.4. The number of hydrogen-bond acceptors (Lipinski definition) is 4. The van der Waals surface area contributed by atoms with Gasteiger partial charge in [-0.25, -0.2) is 0 Å². The Morgan fingerprint density at radius 3 is 2.77 bits per heavy atom. The minimum absolute atomic E-state index is 0.0352. The molecule has 1 aliphatic heterocycles. The lowest BCUT2D eigenvalue weighted by molar-refractivity contribution is -0.132. The molecule has 0 fully saturated rings. The Morgan fingerprint density at radius 1 is 1.31 bits per heavy atom. The second-order valence-electron chi connectivity index (χ2n) is 6.70. The molecule has 0 bridgehead atoms. The van der Waals surface area contributed by atoms with Crippen molar-refractivity contribution < 1.29 is 14.6 Å². The van der Waals surface area contributed by atoms with Crippen LogP contribution in [0.5, 0.6) is 5.75 Å². The lowest BCUT2D eigenvalue weighted by atomic mass is 9.88. The quantitative estimate of drug-likeness (QED) is 0.834. The van der Waals surface area contributed by atoms with Gasteiger partial charge >= 0.3 is 0 Å². The smallest absolute Gasteiger partial charge is 0.237 e. The molecule has 5 nitrogen and oxygen atoms in total. The number of aliphatic hydroxyl groups excluding tert-OH is 1. The molecule has 0 saturated carbocycles. The van der Waals surface area contributed by atoms with Crippen molar-refractivity contribution in [2.24, 2.45) is 0 Å². The van der Waals surface area contributed by atoms with Crippen molar-refractivity contribution in [3.63, 3.8) is 0 Å². The third-order valence-electron chi connectivity index (χ3n) is 4.73. The predicted molar refractivity (Wildman–Crippen MR) is 101 cm³/mol. The highest BCUT2D eigenvalue weighted by Crippen LogP contribution is 2.37. The molecular weight excluding hydrogens is 328 g/mol. The molecule has 1 heterocycles. The van der Waals surface area contributed by atoms with Crippen molar-refractivity contribution in [2.45, 2.75) is 25.5 Å². The monoisotopic (exact) mass is 354 g/mol. The zero-order valence-electron chi connectivity index (χ0n) is 15.3. The van der Waals surface area contributed by atoms with Crippen molar-refractivity contribution in [3.8, 4) is 5.75 Å². The van der Waals surface area contributed by atoms with Crippen LogP contribution in [0, 0.1) is 0 Å². The van der Waals surface area contributed by atoms with E-state index >= 15 is 0 Å². The lowest BCUT2D eigenvalue weighted by Crippen LogP contribution is -2.45. The molecule has 138 valence electrons. The van der Waals surface area contributed by atoms with Crippen LogP contribution in [0.2, 0.25) is 0 Å². The number of carbonyl (C=O) groups is 1. The number of nitrogens with zero attached hydrogens (tertiary/aromatic N) is 1. The maximum absolute atomic E-state index is 12.9. The van der Waals surface area contributed by atoms with E-state index in [-0.39, 0.29) is 18.5 Å². The van der Waals surface area contributed by atoms with Crippen LogP contribution in [-0.4, -0.2) is 48.8 Å². The molecule has 5 heteroatoms. The number of benzene rings is 2. The van der Waals surface area contributed by atoms with E-state index in [1.165, 1.54) is 5.56 Å². The maximum Gasteiger partial charge on any atom is 0.237 e. The fourth-order valence-electron chi connectivity index (χ4n) is 3.47. The van der Waals surface area contributed by atoms with Gasteiger partial charge in [0.2, 0.25) is 5.91 Å². The highest BCUT2D eigenvalue weighted by atomic mass is 16.5. The van der Waals surface area contributed by atoms with E-state index in [0.29, 0.717) is 13.1 Å². The summed E-state index contributed by atoms with van der Waals surface area (Å²) in [6, 6.07) is 16.1. The standard InChI is InChI=1S/C21H26N2O3/c1-15(24)13-22-14-20(25)23-11-10-16-8-9-18(26-2)12-19(16)21(23)17-6-4-3-5-7-17/h3-9,12,15,21-22,24H,10-11,13-14H2,1-2H3/t15-,21?/m1/s1. The van der Waals surface area contributed by atoms with Crippen LogP contribution < -0.4 is 10.1 Å². The van der Waals surface area contributed by atoms with Gasteiger partial charge in [-0.15, -0.1) is 0 Å². The van der Waals surface area contributed by atoms with Crippen LogP contribution in [0.25, 0.3) is 0 Å². The van der Waals surface area contributed by atoms with E-state index < -0.39 is 6.10 Å². The summed E-state index contributed by atoms with van der Waals surface area (Å²) >= 11 is 0. The van der Waals surface area contributed by atoms with Crippen LogP contribution in [0.1, 0.15) is 29.7 Å². The molecule has 0 aromatic heterocycles. The van der Waals surface area contributed by atoms with Crippen LogP contribution >= 0.6 is 0 Å². The van der Waals surface area contributed by atoms with Gasteiger partial charge in [0, 0.05) is 13.1 Å². The van der Waals surface area contributed by atoms with E-state index in [0.717, 1.165) is 23.3 Å². The molecule has 2 aromatic rings. The molecule has 1 aliphatic rings. The van der Waals surface area contributed by atoms with Crippen LogP contribution in [0.15, 0.2) is 48.5 Å². The molecule has 2 atom stereocenters. The van der Waals surface area contributed by atoms with Gasteiger partial charge in [0.15, 0.2) is 0 Å². The van der Waals surface area contributed by atoms with Crippen molar-refractivity contribution >= 4 is 5.91 Å². The van der Waals surface area contributed by atoms with E-state index in [1.807, 2.05) is 35.2 Å². The zero-order valence-corrected chi connectivity index (χ0v) is 15.3. The molecule has 0 radical (unpaired) electrons. The van der Waals surface area contributed by atoms with Crippen molar-refractivity contribution in [2.75, 3.05) is 26.7 Å². The number of ether oxygens (including phenoxy) is 1. The number of carbonyl (C=O) groups excluding carboxylic acids is 1. The molecule has 2 N–H and O–H groups in total. The summed E-state index contributed by atoms with van der Waals surface area (Å²) in [4.78, 5) is 14.8. The second-order valence-corrected chi connectivity index (χ2v) is 6.70. The fraction of sp³-hybridized carbons (Fsp3) is 0.381. The second kappa shape index (κ2) is 8.34. The number of amides is 1. The first-order chi connectivity index (χ1) is 12.6. The number of methoxy groups -OCH3 is 1. The van der Waals surface area contributed by atoms with Gasteiger partial charge in [0.25, 0.3) is 0 Å². The van der Waals surface area contributed by atoms with Gasteiger partial charge in [0.1, 0.15) is 5.75 Å². The fourth-order valence-corrected chi connectivity index (χ4v) is 3.47. The summed E-state index contributed by atoms with van der Waals surface area (Å²) in [5.41, 5.74) is 3.46. The van der Waals surface area contributed by atoms with Crippen molar-refractivity contribution in [1.29, 1.82) is 0 Å². The van der Waals surface area contributed by atoms with E-state index in [9.17, 15) is 9.90 Å². The number of nitrogens with one attached hydrogen (secondary N) is 1. The summed E-state index contributed by atoms with van der Waals surface area (Å²) in [5.74, 6) is 0.833. The molecule has 1 unspecified atom stereocenters. The van der Waals surface area contributed by atoms with Crippen LogP contribution in [0.4, 0.5) is 0 Å². The minimum atomic E-state index is -0.473. The Morgan fingerprint density at radius 2 is 2.08 bits per heavy atom. The average molecular weight is 354 g/mol. The van der Waals surface area contributed by atoms with Gasteiger partial charge in [-0.1, -0.05) is 36.4 Å². The summed E-state index contributed by atoms with van der Waals surface area (Å²) in [7, 11) is 1.66. The Balaban J connectivity index is 1.92. The molecule has 0 saturated heterocycles. The Bertz CT molecular complexity index is 746. The van der Waals surface area contributed by atoms with Gasteiger partial charge in [-0.3, -0.25) is 4.79 Å². The molecule has 26 heavy (non-hydrogen) atoms. The Kier molecular flexibility index (Phi) is 5.91. The summed E-state index contributed by atoms with van der Waals surface area (Å²) < 4.78 is 5.41. The predicted octanol–water partition coefficient (Wildman–Crippen LogP) is 2.14. The van der Waals surface area contributed by atoms with E-state index in [2.05, 4.69) is 23.5 Å². The molecule has 3 rings (SSSR count). The largest absolute Gasteiger partial charge is 0.497 e. The molecule has 1 amide bonds. The molecule has 2 aromatic carbocycles. The first-order valence-electron chi connectivity index (χ1n) is 9.00. The van der Waals surface area contributed by atoms with Crippen molar-refractivity contribution in [1.82, 2.24) is 10.2 Å². The van der Waals surface area contributed by atoms with Gasteiger partial charge < -0.3 is 20.1 Å². The Hall–Kier alpha value is -2.37. The highest BCUT2D eigenvalue weighted by molar-refractivity contribution is 5.80. The minimum Gasteiger partial charge on any atom is -0.497 e. The molecule has 0 aliphatic carbocycles. The topological polar surface area (TPSA) is 61.8 Å². The molecular formula is C21H26N2O3. The number of aliphatic hydroxyl groups is 1. The normalized spacial score (nSPS) is 17.5. The van der Waals surface area contributed by atoms with Crippen LogP contribution in [0.3, 0.4) is 0 Å². The SMILES string of the molecule is COc1ccc2c(c1)C(c1ccccc1)N(C(=O)CNC[C@@H](C)O)CC2. The number of rotatable bonds is 6. The molecule has 0 spiro atoms. The first kappa shape index (κ1) is 18.4. The van der Waals surface area contributed by atoms with Gasteiger partial charge in [-0.2, -0.15) is 0 Å². The maximum atomic E-state index is 12.9. The average Bonchev–Trinajstić information content (AvgIpc) is 2.66.